The molecule has 0 saturated heterocycles. The van der Waals surface area contributed by atoms with E-state index in [2.05, 4.69) is 26.6 Å². The first-order valence-electron chi connectivity index (χ1n) is 8.21. The number of carbonyl (C=O) groups is 2. The van der Waals surface area contributed by atoms with Crippen LogP contribution < -0.4 is 15.4 Å². The third kappa shape index (κ3) is 6.15. The van der Waals surface area contributed by atoms with Gasteiger partial charge in [-0.1, -0.05) is 6.07 Å². The highest BCUT2D eigenvalue weighted by atomic mass is 79.9. The topological polar surface area (TPSA) is 67.4 Å². The molecule has 0 spiro atoms. The molecule has 0 aliphatic rings. The average Bonchev–Trinajstić information content (AvgIpc) is 2.63. The summed E-state index contributed by atoms with van der Waals surface area (Å²) in [5.74, 6) is -0.250. The number of carbonyl (C=O) groups excluding carboxylic acids is 2. The summed E-state index contributed by atoms with van der Waals surface area (Å²) < 4.78 is 18.9. The molecule has 0 aliphatic carbocycles. The smallest absolute Gasteiger partial charge is 0.251 e. The van der Waals surface area contributed by atoms with Crippen LogP contribution in [-0.4, -0.2) is 31.5 Å². The van der Waals surface area contributed by atoms with Crippen molar-refractivity contribution >= 4 is 27.7 Å². The van der Waals surface area contributed by atoms with E-state index in [1.165, 1.54) is 6.07 Å². The molecule has 0 unspecified atom stereocenters. The highest BCUT2D eigenvalue weighted by molar-refractivity contribution is 9.10. The molecule has 26 heavy (non-hydrogen) atoms. The Morgan fingerprint density at radius 3 is 2.50 bits per heavy atom. The quantitative estimate of drug-likeness (QED) is 0.686. The Hall–Kier alpha value is -2.41. The van der Waals surface area contributed by atoms with Gasteiger partial charge < -0.3 is 15.4 Å². The Bertz CT molecular complexity index is 766. The summed E-state index contributed by atoms with van der Waals surface area (Å²) in [6.07, 6.45) is 0.567. The predicted octanol–water partition coefficient (Wildman–Crippen LogP) is 3.08. The fourth-order valence-corrected chi connectivity index (χ4v) is 2.66. The molecule has 0 aromatic heterocycles. The zero-order chi connectivity index (χ0) is 18.9. The average molecular weight is 423 g/mol. The van der Waals surface area contributed by atoms with E-state index in [0.29, 0.717) is 35.4 Å². The maximum absolute atomic E-state index is 13.2. The van der Waals surface area contributed by atoms with E-state index >= 15 is 0 Å². The van der Waals surface area contributed by atoms with Gasteiger partial charge in [0.05, 0.1) is 17.6 Å². The van der Waals surface area contributed by atoms with Crippen LogP contribution in [0.5, 0.6) is 5.75 Å². The number of ether oxygens (including phenoxy) is 1. The van der Waals surface area contributed by atoms with Crippen LogP contribution in [-0.2, 0) is 11.2 Å². The first-order chi connectivity index (χ1) is 12.5. The van der Waals surface area contributed by atoms with Crippen molar-refractivity contribution < 1.29 is 18.7 Å². The van der Waals surface area contributed by atoms with Gasteiger partial charge in [-0.2, -0.15) is 0 Å². The van der Waals surface area contributed by atoms with Gasteiger partial charge in [-0.3, -0.25) is 9.59 Å². The van der Waals surface area contributed by atoms with Crippen LogP contribution in [0.25, 0.3) is 0 Å². The van der Waals surface area contributed by atoms with Crippen molar-refractivity contribution in [3.63, 3.8) is 0 Å². The van der Waals surface area contributed by atoms with E-state index in [0.717, 1.165) is 5.56 Å². The number of benzene rings is 2. The normalized spacial score (nSPS) is 10.3. The largest absolute Gasteiger partial charge is 0.494 e. The molecule has 0 saturated carbocycles. The first-order valence-corrected chi connectivity index (χ1v) is 9.00. The molecule has 138 valence electrons. The molecule has 2 aromatic rings. The SMILES string of the molecule is CCOc1ccc(C(=O)NCC(=O)NCCc2ccc(F)c(Br)c2)cc1. The van der Waals surface area contributed by atoms with Gasteiger partial charge in [0.15, 0.2) is 0 Å². The Labute approximate surface area is 160 Å². The van der Waals surface area contributed by atoms with E-state index in [9.17, 15) is 14.0 Å². The summed E-state index contributed by atoms with van der Waals surface area (Å²) in [7, 11) is 0. The van der Waals surface area contributed by atoms with Gasteiger partial charge in [0.1, 0.15) is 11.6 Å². The van der Waals surface area contributed by atoms with Gasteiger partial charge in [0, 0.05) is 12.1 Å². The van der Waals surface area contributed by atoms with E-state index < -0.39 is 0 Å². The van der Waals surface area contributed by atoms with Crippen molar-refractivity contribution in [3.8, 4) is 5.75 Å². The van der Waals surface area contributed by atoms with Crippen LogP contribution in [0, 0.1) is 5.82 Å². The standard InChI is InChI=1S/C19H20BrFN2O3/c1-2-26-15-6-4-14(5-7-15)19(25)23-12-18(24)22-10-9-13-3-8-17(21)16(20)11-13/h3-8,11H,2,9-10,12H2,1H3,(H,22,24)(H,23,25). The minimum Gasteiger partial charge on any atom is -0.494 e. The van der Waals surface area contributed by atoms with Crippen molar-refractivity contribution in [1.29, 1.82) is 0 Å². The summed E-state index contributed by atoms with van der Waals surface area (Å²) >= 11 is 3.13. The number of hydrogen-bond donors (Lipinski definition) is 2. The van der Waals surface area contributed by atoms with Crippen LogP contribution in [0.15, 0.2) is 46.9 Å². The number of amides is 2. The lowest BCUT2D eigenvalue weighted by Gasteiger charge is -2.08. The predicted molar refractivity (Wildman–Crippen MR) is 101 cm³/mol. The number of nitrogens with one attached hydrogen (secondary N) is 2. The molecule has 0 fully saturated rings. The summed E-state index contributed by atoms with van der Waals surface area (Å²) in [4.78, 5) is 23.8. The number of hydrogen-bond acceptors (Lipinski definition) is 3. The van der Waals surface area contributed by atoms with Crippen LogP contribution in [0.3, 0.4) is 0 Å². The fraction of sp³-hybridized carbons (Fsp3) is 0.263. The molecule has 2 amide bonds. The second kappa shape index (κ2) is 9.91. The Morgan fingerprint density at radius 1 is 1.12 bits per heavy atom. The third-order valence-corrected chi connectivity index (χ3v) is 4.16. The molecule has 0 heterocycles. The van der Waals surface area contributed by atoms with E-state index in [1.807, 2.05) is 6.92 Å². The lowest BCUT2D eigenvalue weighted by molar-refractivity contribution is -0.120. The van der Waals surface area contributed by atoms with Gasteiger partial charge in [0.2, 0.25) is 5.91 Å². The highest BCUT2D eigenvalue weighted by Gasteiger charge is 2.08. The molecule has 0 atom stereocenters. The van der Waals surface area contributed by atoms with Crippen LogP contribution in [0.1, 0.15) is 22.8 Å². The second-order valence-electron chi connectivity index (χ2n) is 5.49. The van der Waals surface area contributed by atoms with Crippen molar-refractivity contribution in [1.82, 2.24) is 10.6 Å². The van der Waals surface area contributed by atoms with Gasteiger partial charge in [-0.15, -0.1) is 0 Å². The molecule has 5 nitrogen and oxygen atoms in total. The first kappa shape index (κ1) is 19.9. The van der Waals surface area contributed by atoms with Crippen LogP contribution in [0.2, 0.25) is 0 Å². The zero-order valence-electron chi connectivity index (χ0n) is 14.4. The summed E-state index contributed by atoms with van der Waals surface area (Å²) in [6, 6.07) is 11.4. The molecule has 2 rings (SSSR count). The summed E-state index contributed by atoms with van der Waals surface area (Å²) in [6.45, 7) is 2.73. The molecular weight excluding hydrogens is 403 g/mol. The summed E-state index contributed by atoms with van der Waals surface area (Å²) in [5, 5.41) is 5.28. The third-order valence-electron chi connectivity index (χ3n) is 3.56. The molecule has 2 N–H and O–H groups in total. The molecule has 7 heteroatoms. The Kier molecular flexibility index (Phi) is 7.59. The van der Waals surface area contributed by atoms with Gasteiger partial charge in [0.25, 0.3) is 5.91 Å². The lowest BCUT2D eigenvalue weighted by Crippen LogP contribution is -2.37. The summed E-state index contributed by atoms with van der Waals surface area (Å²) in [5.41, 5.74) is 1.36. The number of rotatable bonds is 8. The maximum atomic E-state index is 13.2. The molecule has 0 bridgehead atoms. The van der Waals surface area contributed by atoms with Crippen LogP contribution in [0.4, 0.5) is 4.39 Å². The van der Waals surface area contributed by atoms with Crippen molar-refractivity contribution in [2.24, 2.45) is 0 Å². The van der Waals surface area contributed by atoms with Crippen molar-refractivity contribution in [2.75, 3.05) is 19.7 Å². The van der Waals surface area contributed by atoms with E-state index in [1.54, 1.807) is 36.4 Å². The lowest BCUT2D eigenvalue weighted by atomic mass is 10.1. The van der Waals surface area contributed by atoms with E-state index in [-0.39, 0.29) is 24.2 Å². The zero-order valence-corrected chi connectivity index (χ0v) is 15.9. The number of halogens is 2. The maximum Gasteiger partial charge on any atom is 0.251 e. The minimum absolute atomic E-state index is 0.112. The monoisotopic (exact) mass is 422 g/mol. The van der Waals surface area contributed by atoms with Gasteiger partial charge >= 0.3 is 0 Å². The van der Waals surface area contributed by atoms with Crippen molar-refractivity contribution in [2.45, 2.75) is 13.3 Å². The van der Waals surface area contributed by atoms with Crippen LogP contribution >= 0.6 is 15.9 Å². The molecule has 0 aliphatic heterocycles. The minimum atomic E-state index is -0.328. The second-order valence-corrected chi connectivity index (χ2v) is 6.34. The Balaban J connectivity index is 1.72. The molecular formula is C19H20BrFN2O3. The van der Waals surface area contributed by atoms with Crippen molar-refractivity contribution in [3.05, 3.63) is 63.9 Å². The molecule has 0 radical (unpaired) electrons. The van der Waals surface area contributed by atoms with E-state index in [4.69, 9.17) is 4.74 Å². The van der Waals surface area contributed by atoms with Gasteiger partial charge in [-0.25, -0.2) is 4.39 Å². The fourth-order valence-electron chi connectivity index (χ4n) is 2.24. The Morgan fingerprint density at radius 2 is 1.85 bits per heavy atom. The molecule has 2 aromatic carbocycles. The van der Waals surface area contributed by atoms with Gasteiger partial charge in [-0.05, 0) is 71.2 Å². The highest BCUT2D eigenvalue weighted by Crippen LogP contribution is 2.17.